The van der Waals surface area contributed by atoms with Crippen molar-refractivity contribution in [2.45, 2.75) is 91.4 Å². The molecule has 7 unspecified atom stereocenters. The number of aliphatic imine (C=N–C) groups is 1. The molecule has 0 saturated heterocycles. The predicted octanol–water partition coefficient (Wildman–Crippen LogP) is 8.51. The van der Waals surface area contributed by atoms with Gasteiger partial charge >= 0.3 is 0 Å². The van der Waals surface area contributed by atoms with Gasteiger partial charge in [0.05, 0.1) is 24.9 Å². The number of quaternary nitrogens is 1. The summed E-state index contributed by atoms with van der Waals surface area (Å²) in [5, 5.41) is 24.7. The van der Waals surface area contributed by atoms with Crippen molar-refractivity contribution in [2.24, 2.45) is 40.0 Å². The van der Waals surface area contributed by atoms with Crippen LogP contribution < -0.4 is 5.32 Å². The Bertz CT molecular complexity index is 1150. The Morgan fingerprint density at radius 2 is 1.98 bits per heavy atom. The first-order chi connectivity index (χ1) is 19.9. The van der Waals surface area contributed by atoms with Crippen LogP contribution >= 0.6 is 0 Å². The molecule has 7 atom stereocenters. The van der Waals surface area contributed by atoms with Gasteiger partial charge in [-0.05, 0) is 82.1 Å². The molecule has 6 heteroatoms. The maximum Gasteiger partial charge on any atom is 0.159 e. The number of rotatable bonds is 11. The quantitative estimate of drug-likeness (QED) is 0.0495. The molecule has 0 amide bonds. The van der Waals surface area contributed by atoms with Gasteiger partial charge in [0.25, 0.3) is 0 Å². The summed E-state index contributed by atoms with van der Waals surface area (Å²) in [4.78, 5) is 5.40. The lowest BCUT2D eigenvalue weighted by molar-refractivity contribution is -0.922. The van der Waals surface area contributed by atoms with Crippen molar-refractivity contribution < 1.29 is 4.59 Å². The number of allylic oxidation sites excluding steroid dienone is 4. The van der Waals surface area contributed by atoms with Crippen LogP contribution in [0.25, 0.3) is 0 Å². The average molecular weight is 574 g/mol. The van der Waals surface area contributed by atoms with Crippen molar-refractivity contribution in [3.63, 3.8) is 0 Å². The molecule has 2 N–H and O–H groups in total. The van der Waals surface area contributed by atoms with E-state index in [2.05, 4.69) is 76.4 Å². The molecule has 2 bridgehead atoms. The van der Waals surface area contributed by atoms with Crippen LogP contribution in [-0.4, -0.2) is 42.4 Å². The smallest absolute Gasteiger partial charge is 0.159 e. The Morgan fingerprint density at radius 3 is 2.62 bits per heavy atom. The van der Waals surface area contributed by atoms with E-state index < -0.39 is 0 Å². The molecule has 0 radical (unpaired) electrons. The number of nitrogens with zero attached hydrogens (tertiary/aromatic N) is 4. The summed E-state index contributed by atoms with van der Waals surface area (Å²) in [7, 11) is 6.07. The Labute approximate surface area is 256 Å². The molecule has 3 saturated carbocycles. The van der Waals surface area contributed by atoms with Gasteiger partial charge in [0, 0.05) is 24.0 Å². The first kappa shape index (κ1) is 33.6. The number of nitriles is 1. The Morgan fingerprint density at radius 1 is 1.24 bits per heavy atom. The molecule has 3 rings (SSSR count). The van der Waals surface area contributed by atoms with Gasteiger partial charge in [-0.15, -0.1) is 6.58 Å². The summed E-state index contributed by atoms with van der Waals surface area (Å²) in [5.74, 6) is 4.24. The van der Waals surface area contributed by atoms with Crippen molar-refractivity contribution in [3.05, 3.63) is 61.1 Å². The maximum atomic E-state index is 9.80. The second kappa shape index (κ2) is 14.5. The largest absolute Gasteiger partial charge is 0.390 e. The van der Waals surface area contributed by atoms with E-state index in [0.717, 1.165) is 62.1 Å². The Kier molecular flexibility index (Phi) is 11.6. The van der Waals surface area contributed by atoms with Gasteiger partial charge in [-0.1, -0.05) is 58.3 Å². The lowest BCUT2D eigenvalue weighted by atomic mass is 9.58. The van der Waals surface area contributed by atoms with Gasteiger partial charge in [0.1, 0.15) is 19.1 Å². The molecule has 0 heterocycles. The van der Waals surface area contributed by atoms with Crippen LogP contribution in [0.15, 0.2) is 66.1 Å². The third-order valence-electron chi connectivity index (χ3n) is 10.6. The number of likely N-dealkylation sites (N-methyl/N-ethyl adjacent to an activating group) is 1. The van der Waals surface area contributed by atoms with Crippen LogP contribution in [-0.2, 0) is 0 Å². The predicted molar refractivity (Wildman–Crippen MR) is 177 cm³/mol. The van der Waals surface area contributed by atoms with Crippen molar-refractivity contribution in [2.75, 3.05) is 21.1 Å². The van der Waals surface area contributed by atoms with E-state index >= 15 is 0 Å². The van der Waals surface area contributed by atoms with Crippen LogP contribution in [0, 0.1) is 51.7 Å². The standard InChI is InChI=1S/C36H57N6/c1-10-26(3)20-30-14-12-16-33(22-30)34(40-35(38)36-17-13-15-31(24-36)21-27(4)23-36)41(8)42(9,19-18-39-7)29(6)28(5)32(11-2)25-37/h10-11,18-19,26-27,30-31,33,38-39H,1-2,6,12-17,20-24H2,3-5,7-9H3/q+1/b19-18-,32-28-,38-35?,40-34?. The summed E-state index contributed by atoms with van der Waals surface area (Å²) in [6.07, 6.45) is 20.3. The Hall–Kier alpha value is -2.91. The third-order valence-corrected chi connectivity index (χ3v) is 10.6. The monoisotopic (exact) mass is 573 g/mol. The van der Waals surface area contributed by atoms with E-state index in [0.29, 0.717) is 35.1 Å². The summed E-state index contributed by atoms with van der Waals surface area (Å²) in [6, 6.07) is 2.28. The lowest BCUT2D eigenvalue weighted by Gasteiger charge is -2.48. The zero-order valence-corrected chi connectivity index (χ0v) is 27.4. The van der Waals surface area contributed by atoms with Gasteiger partial charge < -0.3 is 5.32 Å². The minimum Gasteiger partial charge on any atom is -0.390 e. The minimum atomic E-state index is -0.119. The Balaban J connectivity index is 2.12. The van der Waals surface area contributed by atoms with Gasteiger partial charge in [-0.2, -0.15) is 9.85 Å². The molecule has 0 spiro atoms. The highest BCUT2D eigenvalue weighted by molar-refractivity contribution is 5.99. The normalized spacial score (nSPS) is 30.7. The van der Waals surface area contributed by atoms with Crippen LogP contribution in [0.2, 0.25) is 0 Å². The first-order valence-electron chi connectivity index (χ1n) is 16.1. The molecule has 6 nitrogen and oxygen atoms in total. The fourth-order valence-corrected chi connectivity index (χ4v) is 8.11. The van der Waals surface area contributed by atoms with E-state index in [4.69, 9.17) is 4.99 Å². The maximum absolute atomic E-state index is 9.80. The number of fused-ring (bicyclic) bond motifs is 2. The van der Waals surface area contributed by atoms with Gasteiger partial charge in [0.2, 0.25) is 0 Å². The summed E-state index contributed by atoms with van der Waals surface area (Å²) >= 11 is 0. The molecule has 3 aliphatic carbocycles. The lowest BCUT2D eigenvalue weighted by Crippen LogP contribution is -2.56. The SMILES string of the molecule is C=C/C(C#N)=C(\C)C(=C)[N+](C)(/C=C\NC)N(C)C(=NC(=N)C12CCCC(CC(C)C1)C2)C1CCCC(CC(C)C=C)C1. The molecule has 0 aromatic rings. The van der Waals surface area contributed by atoms with Gasteiger partial charge in [-0.25, -0.2) is 10.0 Å². The topological polar surface area (TPSA) is 75.3 Å². The molecule has 230 valence electrons. The highest BCUT2D eigenvalue weighted by Gasteiger charge is 2.46. The molecule has 0 aromatic heterocycles. The fraction of sp³-hybridized carbons (Fsp3) is 0.639. The molecule has 42 heavy (non-hydrogen) atoms. The van der Waals surface area contributed by atoms with E-state index in [1.807, 2.05) is 20.2 Å². The summed E-state index contributed by atoms with van der Waals surface area (Å²) < 4.78 is 0.216. The number of nitrogens with one attached hydrogen (secondary N) is 2. The van der Waals surface area contributed by atoms with Gasteiger partial charge in [-0.3, -0.25) is 5.41 Å². The van der Waals surface area contributed by atoms with Gasteiger partial charge in [0.15, 0.2) is 11.5 Å². The molecule has 3 fully saturated rings. The zero-order valence-electron chi connectivity index (χ0n) is 27.4. The van der Waals surface area contributed by atoms with Crippen molar-refractivity contribution >= 4 is 11.7 Å². The van der Waals surface area contributed by atoms with E-state index in [-0.39, 0.29) is 15.9 Å². The van der Waals surface area contributed by atoms with Crippen LogP contribution in [0.3, 0.4) is 0 Å². The summed E-state index contributed by atoms with van der Waals surface area (Å²) in [5.41, 5.74) is 1.97. The number of amidine groups is 2. The van der Waals surface area contributed by atoms with E-state index in [1.54, 1.807) is 6.08 Å². The fourth-order valence-electron chi connectivity index (χ4n) is 8.11. The molecule has 0 aromatic carbocycles. The molecule has 3 aliphatic rings. The van der Waals surface area contributed by atoms with Crippen LogP contribution in [0.1, 0.15) is 91.4 Å². The second-order valence-corrected chi connectivity index (χ2v) is 13.7. The second-order valence-electron chi connectivity index (χ2n) is 13.7. The molecular weight excluding hydrogens is 516 g/mol. The third kappa shape index (κ3) is 7.35. The minimum absolute atomic E-state index is 0.119. The number of hydrogen-bond donors (Lipinski definition) is 2. The van der Waals surface area contributed by atoms with E-state index in [1.165, 1.54) is 25.7 Å². The van der Waals surface area contributed by atoms with Crippen molar-refractivity contribution in [3.8, 4) is 6.07 Å². The zero-order chi connectivity index (χ0) is 31.1. The molecule has 0 aliphatic heterocycles. The number of hydrogen-bond acceptors (Lipinski definition) is 3. The first-order valence-corrected chi connectivity index (χ1v) is 16.1. The van der Waals surface area contributed by atoms with Crippen molar-refractivity contribution in [1.29, 1.82) is 10.7 Å². The summed E-state index contributed by atoms with van der Waals surface area (Å²) in [6.45, 7) is 19.0. The van der Waals surface area contributed by atoms with Crippen LogP contribution in [0.5, 0.6) is 0 Å². The highest BCUT2D eigenvalue weighted by atomic mass is 15.7. The van der Waals surface area contributed by atoms with Crippen LogP contribution in [0.4, 0.5) is 0 Å². The van der Waals surface area contributed by atoms with Crippen molar-refractivity contribution in [1.82, 2.24) is 10.3 Å². The average Bonchev–Trinajstić information content (AvgIpc) is 2.97. The van der Waals surface area contributed by atoms with E-state index in [9.17, 15) is 10.7 Å². The highest BCUT2D eigenvalue weighted by Crippen LogP contribution is 2.52. The molecular formula is C36H57N6+.